The number of rotatable bonds is 1. The fraction of sp³-hybridized carbons (Fsp3) is 0.222. The van der Waals surface area contributed by atoms with E-state index in [2.05, 4.69) is 0 Å². The van der Waals surface area contributed by atoms with Crippen molar-refractivity contribution in [1.82, 2.24) is 0 Å². The Morgan fingerprint density at radius 2 is 2.08 bits per heavy atom. The Hall–Kier alpha value is -1.14. The molecule has 0 fully saturated rings. The molecule has 1 aromatic carbocycles. The number of benzene rings is 1. The van der Waals surface area contributed by atoms with Crippen LogP contribution in [0.2, 0.25) is 5.02 Å². The molecule has 0 atom stereocenters. The third-order valence-corrected chi connectivity index (χ3v) is 2.08. The van der Waals surface area contributed by atoms with E-state index >= 15 is 0 Å². The van der Waals surface area contributed by atoms with Crippen molar-refractivity contribution in [3.8, 4) is 6.07 Å². The van der Waals surface area contributed by atoms with Crippen LogP contribution in [-0.4, -0.2) is 0 Å². The fourth-order valence-electron chi connectivity index (χ4n) is 0.853. The van der Waals surface area contributed by atoms with Gasteiger partial charge in [0.25, 0.3) is 0 Å². The van der Waals surface area contributed by atoms with Gasteiger partial charge in [0.05, 0.1) is 0 Å². The summed E-state index contributed by atoms with van der Waals surface area (Å²) >= 11 is 5.63. The van der Waals surface area contributed by atoms with Crippen molar-refractivity contribution in [2.45, 2.75) is 12.8 Å². The van der Waals surface area contributed by atoms with Gasteiger partial charge in [-0.25, -0.2) is 0 Å². The maximum absolute atomic E-state index is 12.8. The van der Waals surface area contributed by atoms with Crippen LogP contribution in [0, 0.1) is 18.3 Å². The zero-order chi connectivity index (χ0) is 10.1. The van der Waals surface area contributed by atoms with Crippen LogP contribution in [0.25, 0.3) is 0 Å². The molecule has 4 heteroatoms. The lowest BCUT2D eigenvalue weighted by Crippen LogP contribution is -2.09. The van der Waals surface area contributed by atoms with Crippen LogP contribution in [0.4, 0.5) is 8.78 Å². The molecule has 0 radical (unpaired) electrons. The summed E-state index contributed by atoms with van der Waals surface area (Å²) in [7, 11) is 0. The van der Waals surface area contributed by atoms with Gasteiger partial charge in [0.1, 0.15) is 6.07 Å². The third kappa shape index (κ3) is 1.96. The highest BCUT2D eigenvalue weighted by molar-refractivity contribution is 6.31. The summed E-state index contributed by atoms with van der Waals surface area (Å²) in [4.78, 5) is 0. The molecule has 0 aliphatic rings. The molecular formula is C9H6ClF2N. The molecule has 0 aromatic heterocycles. The zero-order valence-electron chi connectivity index (χ0n) is 6.81. The van der Waals surface area contributed by atoms with Crippen LogP contribution in [0.1, 0.15) is 11.1 Å². The minimum Gasteiger partial charge on any atom is -0.191 e. The summed E-state index contributed by atoms with van der Waals surface area (Å²) in [5.74, 6) is -3.46. The van der Waals surface area contributed by atoms with E-state index in [-0.39, 0.29) is 10.6 Å². The zero-order valence-corrected chi connectivity index (χ0v) is 7.57. The normalized spacial score (nSPS) is 11.0. The standard InChI is InChI=1S/C9H6ClF2N/c1-6-2-3-7(4-8(6)10)9(11,12)5-13/h2-4H,1H3. The van der Waals surface area contributed by atoms with E-state index < -0.39 is 5.92 Å². The molecule has 0 amide bonds. The Morgan fingerprint density at radius 3 is 2.54 bits per heavy atom. The minimum atomic E-state index is -3.46. The van der Waals surface area contributed by atoms with Gasteiger partial charge in [0, 0.05) is 10.6 Å². The van der Waals surface area contributed by atoms with Crippen molar-refractivity contribution in [3.63, 3.8) is 0 Å². The number of aryl methyl sites for hydroxylation is 1. The first kappa shape index (κ1) is 9.94. The van der Waals surface area contributed by atoms with Crippen LogP contribution in [0.5, 0.6) is 0 Å². The molecule has 0 aliphatic carbocycles. The van der Waals surface area contributed by atoms with Crippen molar-refractivity contribution >= 4 is 11.6 Å². The largest absolute Gasteiger partial charge is 0.357 e. The predicted molar refractivity (Wildman–Crippen MR) is 45.7 cm³/mol. The van der Waals surface area contributed by atoms with Gasteiger partial charge < -0.3 is 0 Å². The average Bonchev–Trinajstić information content (AvgIpc) is 2.09. The quantitative estimate of drug-likeness (QED) is 0.684. The van der Waals surface area contributed by atoms with E-state index in [0.717, 1.165) is 12.1 Å². The Labute approximate surface area is 79.6 Å². The Morgan fingerprint density at radius 1 is 1.46 bits per heavy atom. The minimum absolute atomic E-state index is 0.243. The van der Waals surface area contributed by atoms with Crippen molar-refractivity contribution in [1.29, 1.82) is 5.26 Å². The van der Waals surface area contributed by atoms with Gasteiger partial charge in [-0.2, -0.15) is 14.0 Å². The second-order valence-electron chi connectivity index (χ2n) is 2.65. The number of nitriles is 1. The highest BCUT2D eigenvalue weighted by Gasteiger charge is 2.31. The monoisotopic (exact) mass is 201 g/mol. The summed E-state index contributed by atoms with van der Waals surface area (Å²) in [6.07, 6.45) is 0. The van der Waals surface area contributed by atoms with Crippen LogP contribution >= 0.6 is 11.6 Å². The smallest absolute Gasteiger partial charge is 0.191 e. The molecule has 0 heterocycles. The highest BCUT2D eigenvalue weighted by Crippen LogP contribution is 2.29. The SMILES string of the molecule is Cc1ccc(C(F)(F)C#N)cc1Cl. The van der Waals surface area contributed by atoms with E-state index in [1.54, 1.807) is 6.92 Å². The van der Waals surface area contributed by atoms with Crippen LogP contribution in [0.15, 0.2) is 18.2 Å². The molecule has 13 heavy (non-hydrogen) atoms. The second kappa shape index (κ2) is 3.31. The summed E-state index contributed by atoms with van der Waals surface area (Å²) < 4.78 is 25.6. The molecule has 1 rings (SSSR count). The van der Waals surface area contributed by atoms with Crippen molar-refractivity contribution in [2.24, 2.45) is 0 Å². The lowest BCUT2D eigenvalue weighted by Gasteiger charge is -2.08. The molecule has 0 N–H and O–H groups in total. The molecular weight excluding hydrogens is 196 g/mol. The van der Waals surface area contributed by atoms with E-state index in [9.17, 15) is 8.78 Å². The molecule has 68 valence electrons. The maximum Gasteiger partial charge on any atom is 0.357 e. The summed E-state index contributed by atoms with van der Waals surface area (Å²) in [6.45, 7) is 1.70. The number of hydrogen-bond acceptors (Lipinski definition) is 1. The lowest BCUT2D eigenvalue weighted by molar-refractivity contribution is 0.0613. The Balaban J connectivity index is 3.20. The Kier molecular flexibility index (Phi) is 2.53. The van der Waals surface area contributed by atoms with Gasteiger partial charge >= 0.3 is 5.92 Å². The first-order valence-electron chi connectivity index (χ1n) is 3.53. The molecule has 1 nitrogen and oxygen atoms in total. The number of hydrogen-bond donors (Lipinski definition) is 0. The second-order valence-corrected chi connectivity index (χ2v) is 3.06. The lowest BCUT2D eigenvalue weighted by atomic mass is 10.1. The van der Waals surface area contributed by atoms with E-state index in [1.165, 1.54) is 12.1 Å². The van der Waals surface area contributed by atoms with Gasteiger partial charge in [0.15, 0.2) is 0 Å². The molecule has 0 saturated heterocycles. The molecule has 0 bridgehead atoms. The van der Waals surface area contributed by atoms with Gasteiger partial charge in [-0.05, 0) is 18.6 Å². The van der Waals surface area contributed by atoms with E-state index in [0.29, 0.717) is 5.56 Å². The van der Waals surface area contributed by atoms with Crippen molar-refractivity contribution < 1.29 is 8.78 Å². The summed E-state index contributed by atoms with van der Waals surface area (Å²) in [5, 5.41) is 8.41. The number of halogens is 3. The summed E-state index contributed by atoms with van der Waals surface area (Å²) in [6, 6.07) is 4.68. The van der Waals surface area contributed by atoms with Gasteiger partial charge in [-0.3, -0.25) is 0 Å². The number of nitrogens with zero attached hydrogens (tertiary/aromatic N) is 1. The molecule has 0 aliphatic heterocycles. The van der Waals surface area contributed by atoms with Crippen molar-refractivity contribution in [3.05, 3.63) is 34.3 Å². The van der Waals surface area contributed by atoms with Crippen molar-refractivity contribution in [2.75, 3.05) is 0 Å². The molecule has 0 unspecified atom stereocenters. The summed E-state index contributed by atoms with van der Waals surface area (Å²) in [5.41, 5.74) is 0.338. The Bertz CT molecular complexity index is 368. The third-order valence-electron chi connectivity index (χ3n) is 1.67. The van der Waals surface area contributed by atoms with Crippen LogP contribution < -0.4 is 0 Å². The van der Waals surface area contributed by atoms with Gasteiger partial charge in [-0.15, -0.1) is 0 Å². The fourth-order valence-corrected chi connectivity index (χ4v) is 1.03. The highest BCUT2D eigenvalue weighted by atomic mass is 35.5. The van der Waals surface area contributed by atoms with Crippen LogP contribution in [0.3, 0.4) is 0 Å². The first-order valence-corrected chi connectivity index (χ1v) is 3.91. The van der Waals surface area contributed by atoms with Gasteiger partial charge in [0.2, 0.25) is 0 Å². The van der Waals surface area contributed by atoms with E-state index in [4.69, 9.17) is 16.9 Å². The van der Waals surface area contributed by atoms with Gasteiger partial charge in [-0.1, -0.05) is 23.7 Å². The maximum atomic E-state index is 12.8. The average molecular weight is 202 g/mol. The number of alkyl halides is 2. The molecule has 0 saturated carbocycles. The molecule has 1 aromatic rings. The topological polar surface area (TPSA) is 23.8 Å². The van der Waals surface area contributed by atoms with E-state index in [1.807, 2.05) is 0 Å². The first-order chi connectivity index (χ1) is 5.97. The molecule has 0 spiro atoms. The van der Waals surface area contributed by atoms with Crippen LogP contribution in [-0.2, 0) is 5.92 Å². The predicted octanol–water partition coefficient (Wildman–Crippen LogP) is 3.26.